The van der Waals surface area contributed by atoms with Crippen molar-refractivity contribution in [3.05, 3.63) is 21.9 Å². The summed E-state index contributed by atoms with van der Waals surface area (Å²) in [5.74, 6) is -0.760. The lowest BCUT2D eigenvalue weighted by Gasteiger charge is -1.98. The van der Waals surface area contributed by atoms with Gasteiger partial charge in [0.1, 0.15) is 0 Å². The minimum absolute atomic E-state index is 0.0265. The van der Waals surface area contributed by atoms with Crippen LogP contribution in [0.3, 0.4) is 0 Å². The summed E-state index contributed by atoms with van der Waals surface area (Å²) in [5, 5.41) is 11.3. The van der Waals surface area contributed by atoms with Crippen molar-refractivity contribution in [3.8, 4) is 0 Å². The zero-order chi connectivity index (χ0) is 12.7. The number of carbonyl (C=O) groups excluding carboxylic acids is 1. The maximum Gasteiger partial charge on any atom is 0.303 e. The predicted molar refractivity (Wildman–Crippen MR) is 67.0 cm³/mol. The largest absolute Gasteiger partial charge is 0.481 e. The van der Waals surface area contributed by atoms with Gasteiger partial charge in [0.25, 0.3) is 0 Å². The average molecular weight is 255 g/mol. The first-order chi connectivity index (χ1) is 8.08. The summed E-state index contributed by atoms with van der Waals surface area (Å²) in [4.78, 5) is 23.4. The van der Waals surface area contributed by atoms with Crippen LogP contribution in [0, 0.1) is 0 Å². The summed E-state index contributed by atoms with van der Waals surface area (Å²) >= 11 is 1.67. The number of aryl methyl sites for hydroxylation is 1. The second-order valence-corrected chi connectivity index (χ2v) is 5.13. The number of carbonyl (C=O) groups is 2. The smallest absolute Gasteiger partial charge is 0.303 e. The van der Waals surface area contributed by atoms with Gasteiger partial charge in [-0.2, -0.15) is 0 Å². The Balaban J connectivity index is 2.25. The molecule has 0 aromatic carbocycles. The number of hydrogen-bond donors (Lipinski definition) is 2. The van der Waals surface area contributed by atoms with E-state index in [1.165, 1.54) is 11.8 Å². The zero-order valence-electron chi connectivity index (χ0n) is 9.86. The Morgan fingerprint density at radius 2 is 2.00 bits per heavy atom. The molecule has 0 aliphatic rings. The molecule has 1 rings (SSSR count). The molecule has 0 fully saturated rings. The number of thiophene rings is 1. The third kappa shape index (κ3) is 6.06. The van der Waals surface area contributed by atoms with E-state index < -0.39 is 5.97 Å². The van der Waals surface area contributed by atoms with E-state index in [9.17, 15) is 9.59 Å². The van der Waals surface area contributed by atoms with Gasteiger partial charge >= 0.3 is 5.97 Å². The summed E-state index contributed by atoms with van der Waals surface area (Å²) in [6.45, 7) is 2.08. The van der Waals surface area contributed by atoms with Crippen molar-refractivity contribution in [1.82, 2.24) is 5.32 Å². The number of hydrogen-bond acceptors (Lipinski definition) is 3. The molecule has 0 radical (unpaired) electrons. The minimum atomic E-state index is -0.734. The van der Waals surface area contributed by atoms with Crippen molar-refractivity contribution in [2.75, 3.05) is 0 Å². The summed E-state index contributed by atoms with van der Waals surface area (Å²) in [6.07, 6.45) is 2.77. The van der Waals surface area contributed by atoms with Gasteiger partial charge in [-0.3, -0.25) is 9.59 Å². The molecule has 1 amide bonds. The molecule has 0 atom stereocenters. The van der Waals surface area contributed by atoms with Gasteiger partial charge in [0.15, 0.2) is 0 Å². The predicted octanol–water partition coefficient (Wildman–Crippen LogP) is 2.18. The Hall–Kier alpha value is -1.36. The molecule has 0 bridgehead atoms. The molecule has 1 aromatic heterocycles. The minimum Gasteiger partial charge on any atom is -0.481 e. The molecule has 0 saturated carbocycles. The number of aliphatic carboxylic acids is 1. The fourth-order valence-electron chi connectivity index (χ4n) is 1.44. The van der Waals surface area contributed by atoms with Crippen LogP contribution in [0.25, 0.3) is 0 Å². The molecule has 5 heteroatoms. The Morgan fingerprint density at radius 3 is 2.65 bits per heavy atom. The van der Waals surface area contributed by atoms with Gasteiger partial charge in [-0.25, -0.2) is 0 Å². The van der Waals surface area contributed by atoms with E-state index >= 15 is 0 Å². The van der Waals surface area contributed by atoms with Gasteiger partial charge in [0.2, 0.25) is 5.91 Å². The van der Waals surface area contributed by atoms with E-state index in [1.54, 1.807) is 11.3 Å². The highest BCUT2D eigenvalue weighted by atomic mass is 32.1. The Morgan fingerprint density at radius 1 is 1.29 bits per heavy atom. The molecule has 0 spiro atoms. The molecular weight excluding hydrogens is 238 g/mol. The molecule has 1 heterocycles. The monoisotopic (exact) mass is 255 g/mol. The van der Waals surface area contributed by atoms with Gasteiger partial charge in [-0.15, -0.1) is 11.3 Å². The standard InChI is InChI=1S/C12H17NO3S/c1-9(14)13-8-11-7-6-10(17-11)4-2-3-5-12(15)16/h6-7H,2-5,8H2,1H3,(H,13,14)(H,15,16). The van der Waals surface area contributed by atoms with Crippen molar-refractivity contribution >= 4 is 23.2 Å². The molecule has 0 saturated heterocycles. The summed E-state index contributed by atoms with van der Waals surface area (Å²) in [5.41, 5.74) is 0. The number of nitrogens with one attached hydrogen (secondary N) is 1. The Kier molecular flexibility index (Phi) is 5.69. The molecule has 0 aliphatic carbocycles. The average Bonchev–Trinajstić information content (AvgIpc) is 2.69. The van der Waals surface area contributed by atoms with Crippen LogP contribution in [0.15, 0.2) is 12.1 Å². The van der Waals surface area contributed by atoms with Gasteiger partial charge in [-0.1, -0.05) is 0 Å². The van der Waals surface area contributed by atoms with Crippen LogP contribution in [0.5, 0.6) is 0 Å². The summed E-state index contributed by atoms with van der Waals surface area (Å²) in [6, 6.07) is 4.05. The lowest BCUT2D eigenvalue weighted by molar-refractivity contribution is -0.137. The van der Waals surface area contributed by atoms with Crippen molar-refractivity contribution in [2.45, 2.75) is 39.2 Å². The maximum absolute atomic E-state index is 10.7. The van der Waals surface area contributed by atoms with E-state index in [0.29, 0.717) is 13.0 Å². The van der Waals surface area contributed by atoms with Gasteiger partial charge < -0.3 is 10.4 Å². The molecule has 94 valence electrons. The maximum atomic E-state index is 10.7. The van der Waals surface area contributed by atoms with E-state index in [4.69, 9.17) is 5.11 Å². The number of unbranched alkanes of at least 4 members (excludes halogenated alkanes) is 1. The first-order valence-corrected chi connectivity index (χ1v) is 6.43. The van der Waals surface area contributed by atoms with Crippen LogP contribution in [0.1, 0.15) is 35.9 Å². The van der Waals surface area contributed by atoms with Crippen LogP contribution in [-0.4, -0.2) is 17.0 Å². The highest BCUT2D eigenvalue weighted by molar-refractivity contribution is 7.11. The number of rotatable bonds is 7. The molecule has 2 N–H and O–H groups in total. The van der Waals surface area contributed by atoms with Gasteiger partial charge in [0.05, 0.1) is 6.54 Å². The number of carboxylic acid groups (broad SMARTS) is 1. The normalized spacial score (nSPS) is 10.2. The van der Waals surface area contributed by atoms with E-state index in [0.717, 1.165) is 17.7 Å². The Labute approximate surface area is 105 Å². The quantitative estimate of drug-likeness (QED) is 0.734. The van der Waals surface area contributed by atoms with Crippen LogP contribution in [0.4, 0.5) is 0 Å². The number of carboxylic acids is 1. The number of amides is 1. The zero-order valence-corrected chi connectivity index (χ0v) is 10.7. The fraction of sp³-hybridized carbons (Fsp3) is 0.500. The van der Waals surface area contributed by atoms with Gasteiger partial charge in [-0.05, 0) is 31.4 Å². The van der Waals surface area contributed by atoms with E-state index in [1.807, 2.05) is 12.1 Å². The second-order valence-electron chi connectivity index (χ2n) is 3.88. The molecule has 4 nitrogen and oxygen atoms in total. The van der Waals surface area contributed by atoms with Crippen molar-refractivity contribution in [1.29, 1.82) is 0 Å². The molecular formula is C12H17NO3S. The highest BCUT2D eigenvalue weighted by Gasteiger charge is 2.02. The molecule has 1 aromatic rings. The van der Waals surface area contributed by atoms with Crippen LogP contribution >= 0.6 is 11.3 Å². The molecule has 0 aliphatic heterocycles. The lowest BCUT2D eigenvalue weighted by Crippen LogP contribution is -2.17. The first kappa shape index (κ1) is 13.7. The molecule has 17 heavy (non-hydrogen) atoms. The summed E-state index contributed by atoms with van der Waals surface area (Å²) in [7, 11) is 0. The fourth-order valence-corrected chi connectivity index (χ4v) is 2.44. The lowest BCUT2D eigenvalue weighted by atomic mass is 10.2. The van der Waals surface area contributed by atoms with Crippen LogP contribution in [0.2, 0.25) is 0 Å². The van der Waals surface area contributed by atoms with E-state index in [2.05, 4.69) is 5.32 Å². The molecule has 0 unspecified atom stereocenters. The van der Waals surface area contributed by atoms with Crippen LogP contribution in [-0.2, 0) is 22.6 Å². The second kappa shape index (κ2) is 7.06. The van der Waals surface area contributed by atoms with E-state index in [-0.39, 0.29) is 12.3 Å². The Bertz CT molecular complexity index is 387. The van der Waals surface area contributed by atoms with Crippen molar-refractivity contribution in [2.24, 2.45) is 0 Å². The summed E-state index contributed by atoms with van der Waals surface area (Å²) < 4.78 is 0. The van der Waals surface area contributed by atoms with Crippen molar-refractivity contribution < 1.29 is 14.7 Å². The van der Waals surface area contributed by atoms with Crippen LogP contribution < -0.4 is 5.32 Å². The SMILES string of the molecule is CC(=O)NCc1ccc(CCCCC(=O)O)s1. The van der Waals surface area contributed by atoms with Gasteiger partial charge in [0, 0.05) is 23.1 Å². The third-order valence-corrected chi connectivity index (χ3v) is 3.44. The highest BCUT2D eigenvalue weighted by Crippen LogP contribution is 2.18. The third-order valence-electron chi connectivity index (χ3n) is 2.29. The topological polar surface area (TPSA) is 66.4 Å². The first-order valence-electron chi connectivity index (χ1n) is 5.62. The van der Waals surface area contributed by atoms with Crippen molar-refractivity contribution in [3.63, 3.8) is 0 Å².